The van der Waals surface area contributed by atoms with Crippen molar-refractivity contribution >= 4 is 12.0 Å². The summed E-state index contributed by atoms with van der Waals surface area (Å²) < 4.78 is 0. The van der Waals surface area contributed by atoms with Crippen molar-refractivity contribution in [3.05, 3.63) is 0 Å². The number of hydrogen-bond donors (Lipinski definition) is 3. The number of carbonyl (C=O) groups is 2. The number of nitrogens with one attached hydrogen (secondary N) is 1. The molecule has 2 aliphatic rings. The Hall–Kier alpha value is -1.30. The van der Waals surface area contributed by atoms with Crippen LogP contribution in [0, 0.1) is 5.92 Å². The molecule has 0 aromatic heterocycles. The maximum atomic E-state index is 11.9. The number of likely N-dealkylation sites (tertiary alicyclic amines) is 1. The van der Waals surface area contributed by atoms with Crippen molar-refractivity contribution in [1.82, 2.24) is 10.2 Å². The van der Waals surface area contributed by atoms with Gasteiger partial charge in [0.05, 0.1) is 12.0 Å². The first-order valence-corrected chi connectivity index (χ1v) is 6.98. The maximum Gasteiger partial charge on any atom is 0.317 e. The Labute approximate surface area is 112 Å². The van der Waals surface area contributed by atoms with Crippen LogP contribution in [0.5, 0.6) is 0 Å². The Kier molecular flexibility index (Phi) is 4.29. The second-order valence-corrected chi connectivity index (χ2v) is 5.62. The predicted molar refractivity (Wildman–Crippen MR) is 68.7 cm³/mol. The third-order valence-corrected chi connectivity index (χ3v) is 4.33. The number of aliphatic hydroxyl groups is 1. The van der Waals surface area contributed by atoms with Gasteiger partial charge in [0.15, 0.2) is 0 Å². The van der Waals surface area contributed by atoms with Crippen molar-refractivity contribution in [3.8, 4) is 0 Å². The summed E-state index contributed by atoms with van der Waals surface area (Å²) in [6, 6.07) is -0.214. The Morgan fingerprint density at radius 2 is 2.11 bits per heavy atom. The zero-order valence-corrected chi connectivity index (χ0v) is 11.1. The fourth-order valence-electron chi connectivity index (χ4n) is 3.14. The Balaban J connectivity index is 1.83. The molecule has 1 saturated heterocycles. The van der Waals surface area contributed by atoms with Gasteiger partial charge in [0.1, 0.15) is 0 Å². The van der Waals surface area contributed by atoms with Crippen molar-refractivity contribution in [2.75, 3.05) is 19.6 Å². The Morgan fingerprint density at radius 1 is 1.32 bits per heavy atom. The predicted octanol–water partition coefficient (Wildman–Crippen LogP) is 0.798. The summed E-state index contributed by atoms with van der Waals surface area (Å²) in [6.07, 6.45) is 4.55. The van der Waals surface area contributed by atoms with Crippen LogP contribution in [-0.4, -0.2) is 52.3 Å². The van der Waals surface area contributed by atoms with Gasteiger partial charge in [-0.05, 0) is 19.3 Å². The van der Waals surface area contributed by atoms with Crippen LogP contribution in [0.1, 0.15) is 38.5 Å². The average molecular weight is 270 g/mol. The molecule has 1 saturated carbocycles. The minimum Gasteiger partial charge on any atom is -0.481 e. The van der Waals surface area contributed by atoms with Gasteiger partial charge in [0.25, 0.3) is 0 Å². The molecule has 19 heavy (non-hydrogen) atoms. The summed E-state index contributed by atoms with van der Waals surface area (Å²) in [7, 11) is 0. The molecule has 2 fully saturated rings. The van der Waals surface area contributed by atoms with E-state index in [1.807, 2.05) is 0 Å². The van der Waals surface area contributed by atoms with Crippen molar-refractivity contribution < 1.29 is 19.8 Å². The highest BCUT2D eigenvalue weighted by Gasteiger charge is 2.43. The van der Waals surface area contributed by atoms with Crippen molar-refractivity contribution in [2.45, 2.75) is 44.1 Å². The van der Waals surface area contributed by atoms with Gasteiger partial charge in [-0.2, -0.15) is 0 Å². The molecule has 1 heterocycles. The first-order valence-electron chi connectivity index (χ1n) is 6.98. The van der Waals surface area contributed by atoms with Crippen LogP contribution in [-0.2, 0) is 4.79 Å². The van der Waals surface area contributed by atoms with E-state index < -0.39 is 11.6 Å². The van der Waals surface area contributed by atoms with E-state index in [9.17, 15) is 14.7 Å². The Morgan fingerprint density at radius 3 is 2.84 bits per heavy atom. The second kappa shape index (κ2) is 5.77. The molecule has 108 valence electrons. The van der Waals surface area contributed by atoms with Crippen molar-refractivity contribution in [1.29, 1.82) is 0 Å². The van der Waals surface area contributed by atoms with E-state index >= 15 is 0 Å². The summed E-state index contributed by atoms with van der Waals surface area (Å²) >= 11 is 0. The van der Waals surface area contributed by atoms with Gasteiger partial charge < -0.3 is 20.4 Å². The Bertz CT molecular complexity index is 361. The number of rotatable bonds is 3. The van der Waals surface area contributed by atoms with E-state index in [0.717, 1.165) is 25.7 Å². The van der Waals surface area contributed by atoms with Crippen LogP contribution in [0.25, 0.3) is 0 Å². The van der Waals surface area contributed by atoms with Crippen LogP contribution in [0.2, 0.25) is 0 Å². The summed E-state index contributed by atoms with van der Waals surface area (Å²) in [5, 5.41) is 21.6. The zero-order chi connectivity index (χ0) is 13.9. The molecule has 0 aromatic carbocycles. The van der Waals surface area contributed by atoms with Crippen LogP contribution >= 0.6 is 0 Å². The highest BCUT2D eigenvalue weighted by molar-refractivity contribution is 5.75. The largest absolute Gasteiger partial charge is 0.481 e. The molecule has 1 aliphatic carbocycles. The molecular formula is C13H22N2O4. The second-order valence-electron chi connectivity index (χ2n) is 5.62. The number of nitrogens with zero attached hydrogens (tertiary/aromatic N) is 1. The van der Waals surface area contributed by atoms with E-state index in [1.54, 1.807) is 4.90 Å². The standard InChI is InChI=1S/C13H22N2O4/c16-11(17)4-7-14-12(18)15-8-6-13(19)5-2-1-3-10(13)9-15/h10,19H,1-9H2,(H,14,18)(H,16,17). The number of amides is 2. The average Bonchev–Trinajstić information content (AvgIpc) is 2.37. The fraction of sp³-hybridized carbons (Fsp3) is 0.846. The number of aliphatic carboxylic acids is 1. The lowest BCUT2D eigenvalue weighted by atomic mass is 9.71. The fourth-order valence-corrected chi connectivity index (χ4v) is 3.14. The van der Waals surface area contributed by atoms with Crippen LogP contribution in [0.15, 0.2) is 0 Å². The summed E-state index contributed by atoms with van der Waals surface area (Å²) in [4.78, 5) is 24.0. The van der Waals surface area contributed by atoms with Gasteiger partial charge in [0.2, 0.25) is 0 Å². The molecule has 2 amide bonds. The van der Waals surface area contributed by atoms with E-state index in [0.29, 0.717) is 19.5 Å². The zero-order valence-electron chi connectivity index (χ0n) is 11.1. The van der Waals surface area contributed by atoms with Gasteiger partial charge in [-0.15, -0.1) is 0 Å². The summed E-state index contributed by atoms with van der Waals surface area (Å²) in [6.45, 7) is 1.28. The maximum absolute atomic E-state index is 11.9. The molecule has 0 bridgehead atoms. The van der Waals surface area contributed by atoms with Gasteiger partial charge in [-0.1, -0.05) is 12.8 Å². The lowest BCUT2D eigenvalue weighted by Gasteiger charge is -2.47. The lowest BCUT2D eigenvalue weighted by Crippen LogP contribution is -2.56. The molecule has 0 aromatic rings. The van der Waals surface area contributed by atoms with E-state index in [2.05, 4.69) is 5.32 Å². The highest BCUT2D eigenvalue weighted by atomic mass is 16.4. The van der Waals surface area contributed by atoms with Gasteiger partial charge in [0, 0.05) is 25.6 Å². The molecule has 2 rings (SSSR count). The number of fused-ring (bicyclic) bond motifs is 1. The number of urea groups is 1. The number of piperidine rings is 1. The molecule has 2 unspecified atom stereocenters. The van der Waals surface area contributed by atoms with Crippen molar-refractivity contribution in [2.24, 2.45) is 5.92 Å². The molecule has 0 radical (unpaired) electrons. The minimum absolute atomic E-state index is 0.0626. The molecule has 0 spiro atoms. The lowest BCUT2D eigenvalue weighted by molar-refractivity contribution is -0.136. The number of carboxylic acids is 1. The topological polar surface area (TPSA) is 89.9 Å². The smallest absolute Gasteiger partial charge is 0.317 e. The van der Waals surface area contributed by atoms with E-state index in [4.69, 9.17) is 5.11 Å². The van der Waals surface area contributed by atoms with Crippen LogP contribution in [0.3, 0.4) is 0 Å². The SMILES string of the molecule is O=C(O)CCNC(=O)N1CCC2(O)CCCCC2C1. The quantitative estimate of drug-likeness (QED) is 0.707. The van der Waals surface area contributed by atoms with Crippen molar-refractivity contribution in [3.63, 3.8) is 0 Å². The molecular weight excluding hydrogens is 248 g/mol. The van der Waals surface area contributed by atoms with Gasteiger partial charge >= 0.3 is 12.0 Å². The summed E-state index contributed by atoms with van der Waals surface area (Å²) in [5.41, 5.74) is -0.587. The third kappa shape index (κ3) is 3.37. The minimum atomic E-state index is -0.916. The molecule has 6 nitrogen and oxygen atoms in total. The number of carboxylic acid groups (broad SMARTS) is 1. The van der Waals surface area contributed by atoms with Crippen LogP contribution in [0.4, 0.5) is 4.79 Å². The normalized spacial score (nSPS) is 30.6. The van der Waals surface area contributed by atoms with E-state index in [1.165, 1.54) is 0 Å². The number of hydrogen-bond acceptors (Lipinski definition) is 3. The van der Waals surface area contributed by atoms with Gasteiger partial charge in [-0.3, -0.25) is 4.79 Å². The first-order chi connectivity index (χ1) is 9.01. The summed E-state index contributed by atoms with van der Waals surface area (Å²) in [5.74, 6) is -0.749. The van der Waals surface area contributed by atoms with Gasteiger partial charge in [-0.25, -0.2) is 4.79 Å². The van der Waals surface area contributed by atoms with E-state index in [-0.39, 0.29) is 24.9 Å². The first kappa shape index (κ1) is 14.1. The third-order valence-electron chi connectivity index (χ3n) is 4.33. The molecule has 3 N–H and O–H groups in total. The molecule has 6 heteroatoms. The molecule has 1 aliphatic heterocycles. The van der Waals surface area contributed by atoms with Crippen LogP contribution < -0.4 is 5.32 Å². The highest BCUT2D eigenvalue weighted by Crippen LogP contribution is 2.39. The monoisotopic (exact) mass is 270 g/mol. The molecule has 2 atom stereocenters. The number of carbonyl (C=O) groups excluding carboxylic acids is 1.